The quantitative estimate of drug-likeness (QED) is 0.431. The Hall–Kier alpha value is -2.71. The first-order valence-corrected chi connectivity index (χ1v) is 12.3. The number of carbonyl (C=O) groups excluding carboxylic acids is 3. The second-order valence-corrected chi connectivity index (χ2v) is 9.69. The largest absolute Gasteiger partial charge is 0.455 e. The molecule has 0 spiro atoms. The zero-order chi connectivity index (χ0) is 23.3. The number of ether oxygens (including phenoxy) is 2. The highest BCUT2D eigenvalue weighted by Crippen LogP contribution is 2.44. The van der Waals surface area contributed by atoms with Gasteiger partial charge in [0.25, 0.3) is 11.8 Å². The topological polar surface area (TPSA) is 93.7 Å². The van der Waals surface area contributed by atoms with Gasteiger partial charge in [0.15, 0.2) is 6.61 Å². The van der Waals surface area contributed by atoms with Crippen LogP contribution in [-0.2, 0) is 37.3 Å². The Bertz CT molecular complexity index is 1010. The Labute approximate surface area is 197 Å². The van der Waals surface area contributed by atoms with Crippen molar-refractivity contribution in [1.29, 1.82) is 0 Å². The van der Waals surface area contributed by atoms with Crippen LogP contribution in [0.15, 0.2) is 30.3 Å². The summed E-state index contributed by atoms with van der Waals surface area (Å²) < 4.78 is 10.5. The Balaban J connectivity index is 1.42. The second-order valence-electron chi connectivity index (χ2n) is 8.59. The molecule has 2 N–H and O–H groups in total. The van der Waals surface area contributed by atoms with E-state index >= 15 is 0 Å². The van der Waals surface area contributed by atoms with E-state index in [2.05, 4.69) is 10.6 Å². The second kappa shape index (κ2) is 10.5. The van der Waals surface area contributed by atoms with E-state index in [4.69, 9.17) is 9.47 Å². The van der Waals surface area contributed by atoms with Crippen LogP contribution in [0.5, 0.6) is 0 Å². The van der Waals surface area contributed by atoms with Gasteiger partial charge in [-0.05, 0) is 49.7 Å². The lowest BCUT2D eigenvalue weighted by Gasteiger charge is -2.39. The standard InChI is InChI=1S/C25H30N2O5S/c1-31-15-14-26-22(29)21-18-10-5-6-11-19(18)33-23(21)27-20(28)16-32-24(30)25(12-7-13-25)17-8-3-2-4-9-17/h2-4,8-9H,5-7,10-16H2,1H3,(H,26,29)(H,27,28). The molecule has 0 radical (unpaired) electrons. The molecule has 2 aromatic rings. The van der Waals surface area contributed by atoms with Crippen LogP contribution in [0.4, 0.5) is 5.00 Å². The van der Waals surface area contributed by atoms with E-state index in [0.717, 1.165) is 60.9 Å². The van der Waals surface area contributed by atoms with Crippen LogP contribution >= 0.6 is 11.3 Å². The van der Waals surface area contributed by atoms with Gasteiger partial charge in [0.05, 0.1) is 17.6 Å². The molecular weight excluding hydrogens is 440 g/mol. The number of esters is 1. The Morgan fingerprint density at radius 3 is 2.52 bits per heavy atom. The monoisotopic (exact) mass is 470 g/mol. The van der Waals surface area contributed by atoms with E-state index in [0.29, 0.717) is 23.7 Å². The molecule has 1 fully saturated rings. The number of thiophene rings is 1. The minimum absolute atomic E-state index is 0.212. The van der Waals surface area contributed by atoms with Crippen molar-refractivity contribution in [2.45, 2.75) is 50.4 Å². The summed E-state index contributed by atoms with van der Waals surface area (Å²) >= 11 is 1.45. The van der Waals surface area contributed by atoms with Gasteiger partial charge in [0.1, 0.15) is 5.00 Å². The van der Waals surface area contributed by atoms with Crippen molar-refractivity contribution in [3.05, 3.63) is 51.9 Å². The first-order chi connectivity index (χ1) is 16.0. The zero-order valence-electron chi connectivity index (χ0n) is 18.9. The Kier molecular flexibility index (Phi) is 7.45. The minimum Gasteiger partial charge on any atom is -0.455 e. The van der Waals surface area contributed by atoms with Crippen molar-refractivity contribution in [3.63, 3.8) is 0 Å². The molecular formula is C25H30N2O5S. The normalized spacial score (nSPS) is 16.3. The number of nitrogens with one attached hydrogen (secondary N) is 2. The number of fused-ring (bicyclic) bond motifs is 1. The summed E-state index contributed by atoms with van der Waals surface area (Å²) in [5, 5.41) is 6.22. The third kappa shape index (κ3) is 4.96. The van der Waals surface area contributed by atoms with Crippen LogP contribution in [0.3, 0.4) is 0 Å². The maximum Gasteiger partial charge on any atom is 0.317 e. The van der Waals surface area contributed by atoms with Crippen LogP contribution in [0.2, 0.25) is 0 Å². The molecule has 4 rings (SSSR count). The lowest BCUT2D eigenvalue weighted by atomic mass is 9.64. The van der Waals surface area contributed by atoms with Gasteiger partial charge in [-0.15, -0.1) is 11.3 Å². The van der Waals surface area contributed by atoms with Gasteiger partial charge in [-0.1, -0.05) is 36.8 Å². The molecule has 176 valence electrons. The smallest absolute Gasteiger partial charge is 0.317 e. The van der Waals surface area contributed by atoms with Crippen molar-refractivity contribution < 1.29 is 23.9 Å². The van der Waals surface area contributed by atoms with Crippen LogP contribution in [0.1, 0.15) is 58.5 Å². The lowest BCUT2D eigenvalue weighted by molar-refractivity contribution is -0.156. The number of carbonyl (C=O) groups is 3. The summed E-state index contributed by atoms with van der Waals surface area (Å²) in [7, 11) is 1.58. The Morgan fingerprint density at radius 1 is 1.06 bits per heavy atom. The van der Waals surface area contributed by atoms with E-state index < -0.39 is 11.3 Å². The molecule has 0 saturated heterocycles. The van der Waals surface area contributed by atoms with E-state index in [1.54, 1.807) is 7.11 Å². The molecule has 1 aromatic heterocycles. The first-order valence-electron chi connectivity index (χ1n) is 11.5. The maximum atomic E-state index is 12.9. The van der Waals surface area contributed by atoms with Gasteiger partial charge in [-0.2, -0.15) is 0 Å². The van der Waals surface area contributed by atoms with E-state index in [9.17, 15) is 14.4 Å². The molecule has 2 aliphatic rings. The summed E-state index contributed by atoms with van der Waals surface area (Å²) in [6.07, 6.45) is 6.23. The van der Waals surface area contributed by atoms with Crippen molar-refractivity contribution in [1.82, 2.24) is 5.32 Å². The predicted octanol–water partition coefficient (Wildman–Crippen LogP) is 3.61. The van der Waals surface area contributed by atoms with Crippen LogP contribution < -0.4 is 10.6 Å². The number of anilines is 1. The van der Waals surface area contributed by atoms with Gasteiger partial charge in [0.2, 0.25) is 0 Å². The van der Waals surface area contributed by atoms with Crippen molar-refractivity contribution in [2.24, 2.45) is 0 Å². The van der Waals surface area contributed by atoms with Gasteiger partial charge < -0.3 is 20.1 Å². The van der Waals surface area contributed by atoms with Gasteiger partial charge in [-0.25, -0.2) is 0 Å². The minimum atomic E-state index is -0.657. The molecule has 2 aliphatic carbocycles. The highest BCUT2D eigenvalue weighted by Gasteiger charge is 2.47. The summed E-state index contributed by atoms with van der Waals surface area (Å²) in [6, 6.07) is 9.61. The number of amides is 2. The number of benzene rings is 1. The van der Waals surface area contributed by atoms with Crippen molar-refractivity contribution in [2.75, 3.05) is 32.2 Å². The molecule has 2 amide bonds. The predicted molar refractivity (Wildman–Crippen MR) is 127 cm³/mol. The first kappa shape index (κ1) is 23.4. The molecule has 7 nitrogen and oxygen atoms in total. The van der Waals surface area contributed by atoms with Crippen LogP contribution in [0.25, 0.3) is 0 Å². The maximum absolute atomic E-state index is 12.9. The molecule has 1 aromatic carbocycles. The number of aryl methyl sites for hydroxylation is 1. The molecule has 1 heterocycles. The summed E-state index contributed by atoms with van der Waals surface area (Å²) in [5.41, 5.74) is 1.83. The number of hydrogen-bond donors (Lipinski definition) is 2. The lowest BCUT2D eigenvalue weighted by Crippen LogP contribution is -2.44. The molecule has 33 heavy (non-hydrogen) atoms. The highest BCUT2D eigenvalue weighted by atomic mass is 32.1. The molecule has 0 atom stereocenters. The van der Waals surface area contributed by atoms with Gasteiger partial charge in [0, 0.05) is 18.5 Å². The molecule has 8 heteroatoms. The fourth-order valence-electron chi connectivity index (χ4n) is 4.58. The SMILES string of the molecule is COCCNC(=O)c1c(NC(=O)COC(=O)C2(c3ccccc3)CCC2)sc2c1CCCC2. The number of hydrogen-bond acceptors (Lipinski definition) is 6. The summed E-state index contributed by atoms with van der Waals surface area (Å²) in [6.45, 7) is 0.437. The van der Waals surface area contributed by atoms with Crippen molar-refractivity contribution >= 4 is 34.1 Å². The summed E-state index contributed by atoms with van der Waals surface area (Å²) in [4.78, 5) is 39.6. The zero-order valence-corrected chi connectivity index (χ0v) is 19.7. The highest BCUT2D eigenvalue weighted by molar-refractivity contribution is 7.17. The van der Waals surface area contributed by atoms with Crippen LogP contribution in [-0.4, -0.2) is 44.7 Å². The van der Waals surface area contributed by atoms with Crippen molar-refractivity contribution in [3.8, 4) is 0 Å². The fourth-order valence-corrected chi connectivity index (χ4v) is 5.88. The number of methoxy groups -OCH3 is 1. The molecule has 0 bridgehead atoms. The van der Waals surface area contributed by atoms with E-state index in [-0.39, 0.29) is 18.5 Å². The van der Waals surface area contributed by atoms with Gasteiger partial charge in [-0.3, -0.25) is 14.4 Å². The van der Waals surface area contributed by atoms with E-state index in [1.807, 2.05) is 30.3 Å². The van der Waals surface area contributed by atoms with Gasteiger partial charge >= 0.3 is 5.97 Å². The van der Waals surface area contributed by atoms with Crippen LogP contribution in [0, 0.1) is 0 Å². The Morgan fingerprint density at radius 2 is 1.82 bits per heavy atom. The van der Waals surface area contributed by atoms with E-state index in [1.165, 1.54) is 11.3 Å². The molecule has 1 saturated carbocycles. The third-order valence-electron chi connectivity index (χ3n) is 6.50. The summed E-state index contributed by atoms with van der Waals surface area (Å²) in [5.74, 6) is -1.01. The number of rotatable bonds is 9. The molecule has 0 aliphatic heterocycles. The third-order valence-corrected chi connectivity index (χ3v) is 7.71. The average Bonchev–Trinajstić information content (AvgIpc) is 3.15. The molecule has 0 unspecified atom stereocenters. The fraction of sp³-hybridized carbons (Fsp3) is 0.480. The average molecular weight is 471 g/mol.